The first-order chi connectivity index (χ1) is 8.04. The van der Waals surface area contributed by atoms with Crippen LogP contribution in [0.15, 0.2) is 6.33 Å². The van der Waals surface area contributed by atoms with Crippen molar-refractivity contribution in [2.24, 2.45) is 17.6 Å². The molecular formula is C12H24N4S. The molecule has 0 saturated heterocycles. The Balaban J connectivity index is 2.58. The summed E-state index contributed by atoms with van der Waals surface area (Å²) in [5, 5.41) is 4.26. The van der Waals surface area contributed by atoms with Gasteiger partial charge in [-0.2, -0.15) is 16.9 Å². The normalized spacial score (nSPS) is 15.2. The van der Waals surface area contributed by atoms with Crippen LogP contribution >= 0.6 is 11.8 Å². The van der Waals surface area contributed by atoms with Crippen LogP contribution in [0.4, 0.5) is 0 Å². The molecule has 0 fully saturated rings. The zero-order valence-electron chi connectivity index (χ0n) is 11.3. The van der Waals surface area contributed by atoms with E-state index in [1.54, 1.807) is 6.33 Å². The van der Waals surface area contributed by atoms with Crippen LogP contribution in [0.25, 0.3) is 0 Å². The second-order valence-electron chi connectivity index (χ2n) is 5.05. The molecule has 2 N–H and O–H groups in total. The van der Waals surface area contributed by atoms with Crippen LogP contribution in [0.3, 0.4) is 0 Å². The van der Waals surface area contributed by atoms with E-state index >= 15 is 0 Å². The highest BCUT2D eigenvalue weighted by molar-refractivity contribution is 7.98. The molecule has 5 heteroatoms. The standard InChI is InChI=1S/C12H24N4S/c1-9(2)6-16-12(14-8-15-16)5-11(13)10(3)7-17-4/h8-11H,5-7,13H2,1-4H3. The second kappa shape index (κ2) is 7.01. The number of nitrogens with zero attached hydrogens (tertiary/aromatic N) is 3. The highest BCUT2D eigenvalue weighted by Crippen LogP contribution is 2.12. The number of thioether (sulfide) groups is 1. The van der Waals surface area contributed by atoms with Gasteiger partial charge >= 0.3 is 0 Å². The highest BCUT2D eigenvalue weighted by atomic mass is 32.2. The SMILES string of the molecule is CSCC(C)C(N)Cc1ncnn1CC(C)C. The van der Waals surface area contributed by atoms with Gasteiger partial charge in [0.2, 0.25) is 0 Å². The number of nitrogens with two attached hydrogens (primary N) is 1. The van der Waals surface area contributed by atoms with E-state index in [0.29, 0.717) is 11.8 Å². The van der Waals surface area contributed by atoms with E-state index in [9.17, 15) is 0 Å². The van der Waals surface area contributed by atoms with Crippen molar-refractivity contribution in [3.63, 3.8) is 0 Å². The Morgan fingerprint density at radius 1 is 1.41 bits per heavy atom. The van der Waals surface area contributed by atoms with Crippen molar-refractivity contribution in [3.05, 3.63) is 12.2 Å². The molecule has 1 aromatic heterocycles. The molecule has 17 heavy (non-hydrogen) atoms. The molecule has 1 aromatic rings. The predicted octanol–water partition coefficient (Wildman–Crippen LogP) is 1.80. The fraction of sp³-hybridized carbons (Fsp3) is 0.833. The Morgan fingerprint density at radius 3 is 2.71 bits per heavy atom. The summed E-state index contributed by atoms with van der Waals surface area (Å²) in [4.78, 5) is 4.32. The van der Waals surface area contributed by atoms with Gasteiger partial charge in [0.1, 0.15) is 12.2 Å². The number of hydrogen-bond donors (Lipinski definition) is 1. The smallest absolute Gasteiger partial charge is 0.138 e. The molecule has 0 amide bonds. The molecule has 0 aliphatic carbocycles. The molecule has 2 atom stereocenters. The van der Waals surface area contributed by atoms with Gasteiger partial charge in [-0.3, -0.25) is 0 Å². The molecule has 0 saturated carbocycles. The minimum atomic E-state index is 0.164. The topological polar surface area (TPSA) is 56.7 Å². The van der Waals surface area contributed by atoms with Gasteiger partial charge in [0.05, 0.1) is 0 Å². The van der Waals surface area contributed by atoms with E-state index in [1.807, 2.05) is 16.4 Å². The van der Waals surface area contributed by atoms with Gasteiger partial charge in [0, 0.05) is 19.0 Å². The average Bonchev–Trinajstić information content (AvgIpc) is 2.65. The average molecular weight is 256 g/mol. The zero-order valence-corrected chi connectivity index (χ0v) is 12.1. The van der Waals surface area contributed by atoms with Gasteiger partial charge in [0.25, 0.3) is 0 Å². The largest absolute Gasteiger partial charge is 0.327 e. The third-order valence-corrected chi connectivity index (χ3v) is 3.67. The lowest BCUT2D eigenvalue weighted by Gasteiger charge is -2.19. The second-order valence-corrected chi connectivity index (χ2v) is 5.96. The summed E-state index contributed by atoms with van der Waals surface area (Å²) in [6.45, 7) is 7.48. The molecule has 0 bridgehead atoms. The van der Waals surface area contributed by atoms with E-state index in [1.165, 1.54) is 0 Å². The predicted molar refractivity (Wildman–Crippen MR) is 74.1 cm³/mol. The van der Waals surface area contributed by atoms with Gasteiger partial charge in [-0.25, -0.2) is 9.67 Å². The van der Waals surface area contributed by atoms with E-state index in [0.717, 1.165) is 24.5 Å². The summed E-state index contributed by atoms with van der Waals surface area (Å²) < 4.78 is 1.98. The Kier molecular flexibility index (Phi) is 5.98. The molecule has 0 radical (unpaired) electrons. The van der Waals surface area contributed by atoms with E-state index in [-0.39, 0.29) is 6.04 Å². The minimum absolute atomic E-state index is 0.164. The summed E-state index contributed by atoms with van der Waals surface area (Å²) in [6, 6.07) is 0.164. The first kappa shape index (κ1) is 14.5. The Morgan fingerprint density at radius 2 is 2.12 bits per heavy atom. The van der Waals surface area contributed by atoms with Crippen molar-refractivity contribution in [1.82, 2.24) is 14.8 Å². The van der Waals surface area contributed by atoms with Crippen molar-refractivity contribution in [1.29, 1.82) is 0 Å². The fourth-order valence-corrected chi connectivity index (χ4v) is 2.52. The number of rotatable bonds is 7. The Hall–Kier alpha value is -0.550. The fourth-order valence-electron chi connectivity index (χ4n) is 1.74. The van der Waals surface area contributed by atoms with Gasteiger partial charge in [-0.1, -0.05) is 20.8 Å². The van der Waals surface area contributed by atoms with Crippen LogP contribution in [0.2, 0.25) is 0 Å². The van der Waals surface area contributed by atoms with Crippen LogP contribution < -0.4 is 5.73 Å². The van der Waals surface area contributed by atoms with Crippen molar-refractivity contribution < 1.29 is 0 Å². The lowest BCUT2D eigenvalue weighted by atomic mass is 10.0. The summed E-state index contributed by atoms with van der Waals surface area (Å²) in [6.07, 6.45) is 4.56. The molecule has 0 spiro atoms. The first-order valence-corrected chi connectivity index (χ1v) is 7.55. The Bertz CT molecular complexity index is 324. The maximum atomic E-state index is 6.20. The molecular weight excluding hydrogens is 232 g/mol. The third kappa shape index (κ3) is 4.68. The summed E-state index contributed by atoms with van der Waals surface area (Å²) in [5.41, 5.74) is 6.20. The van der Waals surface area contributed by atoms with E-state index in [2.05, 4.69) is 37.1 Å². The molecule has 0 aliphatic rings. The molecule has 0 aliphatic heterocycles. The van der Waals surface area contributed by atoms with Gasteiger partial charge < -0.3 is 5.73 Å². The highest BCUT2D eigenvalue weighted by Gasteiger charge is 2.16. The Labute approximate surface area is 108 Å². The summed E-state index contributed by atoms with van der Waals surface area (Å²) in [7, 11) is 0. The van der Waals surface area contributed by atoms with Crippen molar-refractivity contribution in [3.8, 4) is 0 Å². The van der Waals surface area contributed by atoms with Gasteiger partial charge in [0.15, 0.2) is 0 Å². The zero-order chi connectivity index (χ0) is 12.8. The maximum Gasteiger partial charge on any atom is 0.138 e. The maximum absolute atomic E-state index is 6.20. The quantitative estimate of drug-likeness (QED) is 0.808. The first-order valence-electron chi connectivity index (χ1n) is 6.15. The molecule has 0 aromatic carbocycles. The van der Waals surface area contributed by atoms with Crippen molar-refractivity contribution >= 4 is 11.8 Å². The summed E-state index contributed by atoms with van der Waals surface area (Å²) in [5.74, 6) is 3.20. The van der Waals surface area contributed by atoms with Crippen molar-refractivity contribution in [2.75, 3.05) is 12.0 Å². The third-order valence-electron chi connectivity index (χ3n) is 2.81. The summed E-state index contributed by atoms with van der Waals surface area (Å²) >= 11 is 1.84. The van der Waals surface area contributed by atoms with Crippen LogP contribution in [0.1, 0.15) is 26.6 Å². The van der Waals surface area contributed by atoms with Crippen LogP contribution in [-0.2, 0) is 13.0 Å². The number of hydrogen-bond acceptors (Lipinski definition) is 4. The molecule has 1 rings (SSSR count). The van der Waals surface area contributed by atoms with E-state index < -0.39 is 0 Å². The molecule has 2 unspecified atom stereocenters. The molecule has 98 valence electrons. The lowest BCUT2D eigenvalue weighted by Crippen LogP contribution is -2.33. The van der Waals surface area contributed by atoms with Crippen molar-refractivity contribution in [2.45, 2.75) is 39.8 Å². The van der Waals surface area contributed by atoms with Crippen LogP contribution in [-0.4, -0.2) is 32.8 Å². The van der Waals surface area contributed by atoms with Crippen LogP contribution in [0, 0.1) is 11.8 Å². The van der Waals surface area contributed by atoms with Gasteiger partial charge in [-0.15, -0.1) is 0 Å². The van der Waals surface area contributed by atoms with E-state index in [4.69, 9.17) is 5.73 Å². The molecule has 1 heterocycles. The monoisotopic (exact) mass is 256 g/mol. The minimum Gasteiger partial charge on any atom is -0.327 e. The molecule has 4 nitrogen and oxygen atoms in total. The van der Waals surface area contributed by atoms with Crippen LogP contribution in [0.5, 0.6) is 0 Å². The lowest BCUT2D eigenvalue weighted by molar-refractivity contribution is 0.435. The van der Waals surface area contributed by atoms with Gasteiger partial charge in [-0.05, 0) is 23.8 Å². The number of aromatic nitrogens is 3.